The molecular weight excluding hydrogens is 225 g/mol. The van der Waals surface area contributed by atoms with Crippen LogP contribution >= 0.6 is 0 Å². The van der Waals surface area contributed by atoms with E-state index in [-0.39, 0.29) is 17.3 Å². The van der Waals surface area contributed by atoms with Gasteiger partial charge in [0.05, 0.1) is 28.7 Å². The zero-order valence-electron chi connectivity index (χ0n) is 9.55. The maximum Gasteiger partial charge on any atom is 0.272 e. The molecule has 0 amide bonds. The Morgan fingerprint density at radius 3 is 2.76 bits per heavy atom. The summed E-state index contributed by atoms with van der Waals surface area (Å²) in [5.74, 6) is -0.901. The van der Waals surface area contributed by atoms with Crippen LogP contribution in [0.3, 0.4) is 0 Å². The number of anilines is 1. The van der Waals surface area contributed by atoms with Crippen molar-refractivity contribution in [2.75, 3.05) is 18.5 Å². The van der Waals surface area contributed by atoms with Crippen LogP contribution in [0.5, 0.6) is 0 Å². The van der Waals surface area contributed by atoms with Crippen LogP contribution < -0.4 is 4.90 Å². The van der Waals surface area contributed by atoms with E-state index in [2.05, 4.69) is 0 Å². The normalized spacial score (nSPS) is 11.6. The Morgan fingerprint density at radius 1 is 1.65 bits per heavy atom. The summed E-state index contributed by atoms with van der Waals surface area (Å²) in [6.07, 6.45) is 0. The number of non-ortho nitro benzene ring substituents is 1. The Balaban J connectivity index is 2.93. The van der Waals surface area contributed by atoms with Gasteiger partial charge in [-0.15, -0.1) is 0 Å². The first kappa shape index (κ1) is 12.9. The number of hydrogen-bond acceptors (Lipinski definition) is 4. The highest BCUT2D eigenvalue weighted by molar-refractivity contribution is 5.51. The van der Waals surface area contributed by atoms with Gasteiger partial charge in [-0.05, 0) is 13.0 Å². The van der Waals surface area contributed by atoms with E-state index >= 15 is 0 Å². The van der Waals surface area contributed by atoms with Gasteiger partial charge in [-0.25, -0.2) is 4.39 Å². The molecule has 0 aliphatic rings. The first-order valence-corrected chi connectivity index (χ1v) is 5.00. The number of nitrogens with zero attached hydrogens (tertiary/aromatic N) is 3. The average Bonchev–Trinajstić information content (AvgIpc) is 2.28. The lowest BCUT2D eigenvalue weighted by Crippen LogP contribution is -2.24. The van der Waals surface area contributed by atoms with Gasteiger partial charge in [0.2, 0.25) is 0 Å². The fourth-order valence-corrected chi connectivity index (χ4v) is 1.47. The van der Waals surface area contributed by atoms with Crippen molar-refractivity contribution in [3.8, 4) is 6.07 Å². The average molecular weight is 237 g/mol. The Labute approximate surface area is 98.2 Å². The zero-order valence-corrected chi connectivity index (χ0v) is 9.55. The van der Waals surface area contributed by atoms with Crippen molar-refractivity contribution in [2.45, 2.75) is 6.92 Å². The largest absolute Gasteiger partial charge is 0.371 e. The van der Waals surface area contributed by atoms with Gasteiger partial charge < -0.3 is 4.90 Å². The van der Waals surface area contributed by atoms with E-state index < -0.39 is 10.7 Å². The van der Waals surface area contributed by atoms with Crippen LogP contribution in [0.2, 0.25) is 0 Å². The molecule has 0 heterocycles. The van der Waals surface area contributed by atoms with Gasteiger partial charge >= 0.3 is 0 Å². The van der Waals surface area contributed by atoms with Gasteiger partial charge in [0, 0.05) is 19.7 Å². The van der Waals surface area contributed by atoms with Crippen molar-refractivity contribution in [3.05, 3.63) is 34.1 Å². The molecule has 0 spiro atoms. The van der Waals surface area contributed by atoms with Crippen LogP contribution in [-0.2, 0) is 0 Å². The molecule has 0 N–H and O–H groups in total. The summed E-state index contributed by atoms with van der Waals surface area (Å²) in [7, 11) is 1.64. The minimum Gasteiger partial charge on any atom is -0.371 e. The molecule has 1 aromatic rings. The molecule has 0 aliphatic carbocycles. The topological polar surface area (TPSA) is 70.2 Å². The third-order valence-corrected chi connectivity index (χ3v) is 2.32. The third kappa shape index (κ3) is 3.14. The van der Waals surface area contributed by atoms with Gasteiger partial charge in [0.15, 0.2) is 5.82 Å². The maximum absolute atomic E-state index is 13.6. The van der Waals surface area contributed by atoms with Gasteiger partial charge in [0.25, 0.3) is 5.69 Å². The standard InChI is InChI=1S/C11H12FN3O2/c1-8(6-13)7-14(2)11-4-3-9(15(16)17)5-10(11)12/h3-5,8H,7H2,1-2H3. The molecule has 0 aliphatic heterocycles. The predicted octanol–water partition coefficient (Wildman–Crippen LogP) is 2.33. The van der Waals surface area contributed by atoms with Crippen molar-refractivity contribution in [2.24, 2.45) is 5.92 Å². The summed E-state index contributed by atoms with van der Waals surface area (Å²) < 4.78 is 13.6. The molecule has 1 aromatic carbocycles. The van der Waals surface area contributed by atoms with Gasteiger partial charge in [0.1, 0.15) is 0 Å². The molecular formula is C11H12FN3O2. The Kier molecular flexibility index (Phi) is 3.99. The van der Waals surface area contributed by atoms with Crippen molar-refractivity contribution in [3.63, 3.8) is 0 Å². The Hall–Kier alpha value is -2.16. The zero-order chi connectivity index (χ0) is 13.0. The van der Waals surface area contributed by atoms with Crippen molar-refractivity contribution in [1.82, 2.24) is 0 Å². The molecule has 0 aromatic heterocycles. The lowest BCUT2D eigenvalue weighted by atomic mass is 10.2. The Bertz CT molecular complexity index is 470. The molecule has 17 heavy (non-hydrogen) atoms. The van der Waals surface area contributed by atoms with Crippen molar-refractivity contribution < 1.29 is 9.31 Å². The van der Waals surface area contributed by atoms with E-state index in [1.54, 1.807) is 18.9 Å². The summed E-state index contributed by atoms with van der Waals surface area (Å²) in [6, 6.07) is 5.51. The molecule has 1 unspecified atom stereocenters. The van der Waals surface area contributed by atoms with E-state index in [0.717, 1.165) is 6.07 Å². The summed E-state index contributed by atoms with van der Waals surface area (Å²) in [5.41, 5.74) is -0.0364. The van der Waals surface area contributed by atoms with Gasteiger partial charge in [-0.3, -0.25) is 10.1 Å². The summed E-state index contributed by atoms with van der Waals surface area (Å²) in [4.78, 5) is 11.4. The number of nitro benzene ring substituents is 1. The van der Waals surface area contributed by atoms with Crippen molar-refractivity contribution in [1.29, 1.82) is 5.26 Å². The van der Waals surface area contributed by atoms with Crippen LogP contribution in [0.1, 0.15) is 6.92 Å². The van der Waals surface area contributed by atoms with E-state index in [4.69, 9.17) is 5.26 Å². The maximum atomic E-state index is 13.6. The molecule has 0 radical (unpaired) electrons. The van der Waals surface area contributed by atoms with Crippen molar-refractivity contribution >= 4 is 11.4 Å². The Morgan fingerprint density at radius 2 is 2.29 bits per heavy atom. The number of benzene rings is 1. The molecule has 1 atom stereocenters. The minimum atomic E-state index is -0.660. The molecule has 5 nitrogen and oxygen atoms in total. The molecule has 90 valence electrons. The molecule has 1 rings (SSSR count). The highest BCUT2D eigenvalue weighted by atomic mass is 19.1. The quantitative estimate of drug-likeness (QED) is 0.595. The van der Waals surface area contributed by atoms with E-state index in [9.17, 15) is 14.5 Å². The fraction of sp³-hybridized carbons (Fsp3) is 0.364. The lowest BCUT2D eigenvalue weighted by molar-refractivity contribution is -0.385. The first-order valence-electron chi connectivity index (χ1n) is 5.00. The number of hydrogen-bond donors (Lipinski definition) is 0. The molecule has 0 bridgehead atoms. The second-order valence-corrected chi connectivity index (χ2v) is 3.80. The van der Waals surface area contributed by atoms with Crippen LogP contribution in [-0.4, -0.2) is 18.5 Å². The second kappa shape index (κ2) is 5.25. The van der Waals surface area contributed by atoms with E-state index in [0.29, 0.717) is 6.54 Å². The van der Waals surface area contributed by atoms with E-state index in [1.165, 1.54) is 12.1 Å². The molecule has 0 saturated carbocycles. The minimum absolute atomic E-state index is 0.241. The van der Waals surface area contributed by atoms with E-state index in [1.807, 2.05) is 6.07 Å². The summed E-state index contributed by atoms with van der Waals surface area (Å²) >= 11 is 0. The smallest absolute Gasteiger partial charge is 0.272 e. The number of halogens is 1. The third-order valence-electron chi connectivity index (χ3n) is 2.32. The highest BCUT2D eigenvalue weighted by Gasteiger charge is 2.14. The number of nitro groups is 1. The molecule has 0 saturated heterocycles. The van der Waals surface area contributed by atoms with Crippen LogP contribution in [0, 0.1) is 33.2 Å². The van der Waals surface area contributed by atoms with Crippen LogP contribution in [0.25, 0.3) is 0 Å². The fourth-order valence-electron chi connectivity index (χ4n) is 1.47. The second-order valence-electron chi connectivity index (χ2n) is 3.80. The number of nitriles is 1. The SMILES string of the molecule is CC(C#N)CN(C)c1ccc([N+](=O)[O-])cc1F. The van der Waals surface area contributed by atoms with Crippen LogP contribution in [0.15, 0.2) is 18.2 Å². The highest BCUT2D eigenvalue weighted by Crippen LogP contribution is 2.23. The molecule has 0 fully saturated rings. The monoisotopic (exact) mass is 237 g/mol. The molecule has 6 heteroatoms. The summed E-state index contributed by atoms with van der Waals surface area (Å²) in [5, 5.41) is 19.1. The van der Waals surface area contributed by atoms with Gasteiger partial charge in [-0.1, -0.05) is 0 Å². The van der Waals surface area contributed by atoms with Gasteiger partial charge in [-0.2, -0.15) is 5.26 Å². The first-order chi connectivity index (χ1) is 7.95. The predicted molar refractivity (Wildman–Crippen MR) is 61.1 cm³/mol. The number of rotatable bonds is 4. The summed E-state index contributed by atoms with van der Waals surface area (Å²) in [6.45, 7) is 2.09. The lowest BCUT2D eigenvalue weighted by Gasteiger charge is -2.20. The van der Waals surface area contributed by atoms with Crippen LogP contribution in [0.4, 0.5) is 15.8 Å².